The number of pyridine rings is 1. The van der Waals surface area contributed by atoms with Gasteiger partial charge in [-0.15, -0.1) is 0 Å². The van der Waals surface area contributed by atoms with Gasteiger partial charge in [-0.3, -0.25) is 9.59 Å². The van der Waals surface area contributed by atoms with Crippen molar-refractivity contribution < 1.29 is 19.4 Å². The first kappa shape index (κ1) is 18.1. The van der Waals surface area contributed by atoms with Crippen LogP contribution in [0, 0.1) is 18.3 Å². The minimum atomic E-state index is -0.463. The molecular formula is C19H18N2O4. The number of esters is 1. The fraction of sp³-hybridized carbons (Fsp3) is 0.263. The number of hydrogen-bond acceptors (Lipinski definition) is 6. The van der Waals surface area contributed by atoms with E-state index >= 15 is 0 Å². The lowest BCUT2D eigenvalue weighted by Crippen LogP contribution is -2.09. The average Bonchev–Trinajstić information content (AvgIpc) is 2.60. The zero-order chi connectivity index (χ0) is 18.4. The highest BCUT2D eigenvalue weighted by molar-refractivity contribution is 5.98. The molecule has 0 unspecified atom stereocenters. The maximum atomic E-state index is 12.3. The lowest BCUT2D eigenvalue weighted by atomic mass is 10.0. The Morgan fingerprint density at radius 1 is 1.24 bits per heavy atom. The van der Waals surface area contributed by atoms with Crippen LogP contribution in [0.15, 0.2) is 30.3 Å². The number of hydrogen-bond donors (Lipinski definition) is 1. The number of Topliss-reactive ketones (excluding diaryl/α,β-unsaturated/α-hetero) is 1. The molecule has 0 saturated heterocycles. The summed E-state index contributed by atoms with van der Waals surface area (Å²) in [5.41, 5.74) is 2.57. The third-order valence-corrected chi connectivity index (χ3v) is 3.63. The molecule has 1 aromatic heterocycles. The molecular weight excluding hydrogens is 320 g/mol. The average molecular weight is 338 g/mol. The molecule has 128 valence electrons. The van der Waals surface area contributed by atoms with Crippen molar-refractivity contribution in [3.05, 3.63) is 47.2 Å². The fourth-order valence-corrected chi connectivity index (χ4v) is 2.39. The third kappa shape index (κ3) is 4.42. The van der Waals surface area contributed by atoms with E-state index in [1.54, 1.807) is 31.2 Å². The number of ketones is 1. The molecule has 25 heavy (non-hydrogen) atoms. The molecule has 0 amide bonds. The lowest BCUT2D eigenvalue weighted by molar-refractivity contribution is -0.143. The van der Waals surface area contributed by atoms with Gasteiger partial charge < -0.3 is 9.84 Å². The van der Waals surface area contributed by atoms with E-state index in [1.165, 1.54) is 6.07 Å². The van der Waals surface area contributed by atoms with Crippen LogP contribution in [0.4, 0.5) is 0 Å². The van der Waals surface area contributed by atoms with Gasteiger partial charge in [0.05, 0.1) is 30.4 Å². The van der Waals surface area contributed by atoms with Crippen LogP contribution in [-0.4, -0.2) is 28.4 Å². The molecule has 0 fully saturated rings. The van der Waals surface area contributed by atoms with Crippen molar-refractivity contribution >= 4 is 11.8 Å². The van der Waals surface area contributed by atoms with E-state index in [9.17, 15) is 14.7 Å². The van der Waals surface area contributed by atoms with Gasteiger partial charge in [0.1, 0.15) is 11.4 Å². The Morgan fingerprint density at radius 3 is 2.64 bits per heavy atom. The Morgan fingerprint density at radius 2 is 2.00 bits per heavy atom. The van der Waals surface area contributed by atoms with Crippen molar-refractivity contribution in [1.82, 2.24) is 4.98 Å². The van der Waals surface area contributed by atoms with Crippen LogP contribution in [-0.2, 0) is 9.53 Å². The standard InChI is InChI=1S/C19H18N2O4/c1-3-25-18(24)9-8-17(23)19-16(22)7-6-15(21-19)14-5-4-13(11-20)10-12(14)2/h4-7,10,22H,3,8-9H2,1-2H3. The summed E-state index contributed by atoms with van der Waals surface area (Å²) < 4.78 is 4.79. The van der Waals surface area contributed by atoms with Gasteiger partial charge in [-0.05, 0) is 43.7 Å². The molecule has 2 aromatic rings. The Hall–Kier alpha value is -3.20. The van der Waals surface area contributed by atoms with Crippen molar-refractivity contribution in [3.63, 3.8) is 0 Å². The van der Waals surface area contributed by atoms with Crippen molar-refractivity contribution in [3.8, 4) is 23.1 Å². The molecule has 0 atom stereocenters. The lowest BCUT2D eigenvalue weighted by Gasteiger charge is -2.09. The number of nitriles is 1. The second-order valence-corrected chi connectivity index (χ2v) is 5.43. The third-order valence-electron chi connectivity index (χ3n) is 3.63. The van der Waals surface area contributed by atoms with E-state index < -0.39 is 11.8 Å². The Balaban J connectivity index is 2.27. The monoisotopic (exact) mass is 338 g/mol. The summed E-state index contributed by atoms with van der Waals surface area (Å²) in [5, 5.41) is 18.9. The number of carbonyl (C=O) groups excluding carboxylic acids is 2. The van der Waals surface area contributed by atoms with E-state index in [-0.39, 0.29) is 30.9 Å². The number of nitrogens with zero attached hydrogens (tertiary/aromatic N) is 2. The highest BCUT2D eigenvalue weighted by atomic mass is 16.5. The first-order valence-corrected chi connectivity index (χ1v) is 7.86. The number of aryl methyl sites for hydroxylation is 1. The Kier molecular flexibility index (Phi) is 5.85. The SMILES string of the molecule is CCOC(=O)CCC(=O)c1nc(-c2ccc(C#N)cc2C)ccc1O. The highest BCUT2D eigenvalue weighted by Crippen LogP contribution is 2.26. The summed E-state index contributed by atoms with van der Waals surface area (Å²) in [5.74, 6) is -1.13. The second-order valence-electron chi connectivity index (χ2n) is 5.43. The molecule has 0 aliphatic rings. The topological polar surface area (TPSA) is 100 Å². The molecule has 0 radical (unpaired) electrons. The Bertz CT molecular complexity index is 853. The fourth-order valence-electron chi connectivity index (χ4n) is 2.39. The van der Waals surface area contributed by atoms with Crippen molar-refractivity contribution in [1.29, 1.82) is 5.26 Å². The number of aromatic hydroxyl groups is 1. The summed E-state index contributed by atoms with van der Waals surface area (Å²) in [6.07, 6.45) is -0.150. The molecule has 6 heteroatoms. The van der Waals surface area contributed by atoms with Gasteiger partial charge in [0, 0.05) is 12.0 Å². The first-order chi connectivity index (χ1) is 12.0. The van der Waals surface area contributed by atoms with Crippen LogP contribution >= 0.6 is 0 Å². The molecule has 0 aliphatic carbocycles. The normalized spacial score (nSPS) is 10.1. The molecule has 1 N–H and O–H groups in total. The molecule has 0 saturated carbocycles. The first-order valence-electron chi connectivity index (χ1n) is 7.86. The Labute approximate surface area is 145 Å². The van der Waals surface area contributed by atoms with Gasteiger partial charge in [-0.2, -0.15) is 5.26 Å². The number of carbonyl (C=O) groups is 2. The minimum Gasteiger partial charge on any atom is -0.506 e. The number of rotatable bonds is 6. The van der Waals surface area contributed by atoms with E-state index in [4.69, 9.17) is 10.00 Å². The van der Waals surface area contributed by atoms with Gasteiger partial charge in [0.25, 0.3) is 0 Å². The van der Waals surface area contributed by atoms with E-state index in [1.807, 2.05) is 6.92 Å². The maximum absolute atomic E-state index is 12.3. The van der Waals surface area contributed by atoms with E-state index in [0.717, 1.165) is 11.1 Å². The van der Waals surface area contributed by atoms with Crippen LogP contribution in [0.2, 0.25) is 0 Å². The largest absolute Gasteiger partial charge is 0.506 e. The highest BCUT2D eigenvalue weighted by Gasteiger charge is 2.17. The quantitative estimate of drug-likeness (QED) is 0.641. The van der Waals surface area contributed by atoms with Crippen LogP contribution in [0.25, 0.3) is 11.3 Å². The summed E-state index contributed by atoms with van der Waals surface area (Å²) in [7, 11) is 0. The van der Waals surface area contributed by atoms with E-state index in [2.05, 4.69) is 11.1 Å². The van der Waals surface area contributed by atoms with Crippen LogP contribution in [0.3, 0.4) is 0 Å². The summed E-state index contributed by atoms with van der Waals surface area (Å²) in [4.78, 5) is 27.9. The van der Waals surface area contributed by atoms with Gasteiger partial charge >= 0.3 is 5.97 Å². The molecule has 1 aromatic carbocycles. The van der Waals surface area contributed by atoms with Crippen LogP contribution < -0.4 is 0 Å². The molecule has 6 nitrogen and oxygen atoms in total. The summed E-state index contributed by atoms with van der Waals surface area (Å²) >= 11 is 0. The van der Waals surface area contributed by atoms with Crippen LogP contribution in [0.5, 0.6) is 5.75 Å². The summed E-state index contributed by atoms with van der Waals surface area (Å²) in [6, 6.07) is 10.2. The molecule has 0 bridgehead atoms. The van der Waals surface area contributed by atoms with Crippen molar-refractivity contribution in [2.75, 3.05) is 6.61 Å². The summed E-state index contributed by atoms with van der Waals surface area (Å²) in [6.45, 7) is 3.79. The van der Waals surface area contributed by atoms with Crippen LogP contribution in [0.1, 0.15) is 41.4 Å². The zero-order valence-electron chi connectivity index (χ0n) is 14.1. The van der Waals surface area contributed by atoms with Gasteiger partial charge in [0.2, 0.25) is 0 Å². The number of benzene rings is 1. The number of aromatic nitrogens is 1. The maximum Gasteiger partial charge on any atom is 0.306 e. The van der Waals surface area contributed by atoms with Crippen molar-refractivity contribution in [2.45, 2.75) is 26.7 Å². The number of ether oxygens (including phenoxy) is 1. The second kappa shape index (κ2) is 8.06. The smallest absolute Gasteiger partial charge is 0.306 e. The van der Waals surface area contributed by atoms with Gasteiger partial charge in [-0.25, -0.2) is 4.98 Å². The predicted molar refractivity (Wildman–Crippen MR) is 91.0 cm³/mol. The van der Waals surface area contributed by atoms with E-state index in [0.29, 0.717) is 11.3 Å². The zero-order valence-corrected chi connectivity index (χ0v) is 14.1. The molecule has 1 heterocycles. The molecule has 2 rings (SSSR count). The van der Waals surface area contributed by atoms with Crippen molar-refractivity contribution in [2.24, 2.45) is 0 Å². The molecule has 0 aliphatic heterocycles. The van der Waals surface area contributed by atoms with Gasteiger partial charge in [-0.1, -0.05) is 6.07 Å². The molecule has 0 spiro atoms. The predicted octanol–water partition coefficient (Wildman–Crippen LogP) is 3.16. The minimum absolute atomic E-state index is 0.0616. The van der Waals surface area contributed by atoms with Gasteiger partial charge in [0.15, 0.2) is 5.78 Å².